The van der Waals surface area contributed by atoms with Gasteiger partial charge >= 0.3 is 5.69 Å². The van der Waals surface area contributed by atoms with Gasteiger partial charge in [-0.25, -0.2) is 0 Å². The van der Waals surface area contributed by atoms with E-state index in [-0.39, 0.29) is 0 Å². The van der Waals surface area contributed by atoms with E-state index in [4.69, 9.17) is 9.47 Å². The lowest BCUT2D eigenvalue weighted by Crippen LogP contribution is -2.04. The number of para-hydroxylation sites is 1. The highest BCUT2D eigenvalue weighted by molar-refractivity contribution is 5.72. The number of rotatable bonds is 7. The summed E-state index contributed by atoms with van der Waals surface area (Å²) >= 11 is 0. The predicted octanol–water partition coefficient (Wildman–Crippen LogP) is 6.28. The standard InChI is InChI=1S/C22H22N3O2/c1-3-26-21-14-20(25-23)22(27-18-11-5-4-6-12-18)13-19(21)24-15-17-10-8-7-9-16(17)2/h4-14,24H,3,15H2,1-2H3/q+1. The van der Waals surface area contributed by atoms with E-state index in [9.17, 15) is 5.39 Å². The van der Waals surface area contributed by atoms with Gasteiger partial charge in [0.2, 0.25) is 11.1 Å². The molecule has 0 heterocycles. The molecule has 0 aromatic heterocycles. The van der Waals surface area contributed by atoms with Crippen LogP contribution in [0, 0.1) is 12.3 Å². The maximum Gasteiger partial charge on any atom is 0.430 e. The molecule has 3 aromatic rings. The largest absolute Gasteiger partial charge is 0.491 e. The Morgan fingerprint density at radius 2 is 1.70 bits per heavy atom. The highest BCUT2D eigenvalue weighted by Crippen LogP contribution is 2.40. The molecule has 1 N–H and O–H groups in total. The van der Waals surface area contributed by atoms with Crippen LogP contribution in [0.5, 0.6) is 17.2 Å². The van der Waals surface area contributed by atoms with Crippen LogP contribution in [-0.4, -0.2) is 6.61 Å². The Kier molecular flexibility index (Phi) is 5.91. The van der Waals surface area contributed by atoms with Gasteiger partial charge in [-0.05, 0) is 37.1 Å². The van der Waals surface area contributed by atoms with Gasteiger partial charge in [0.15, 0.2) is 10.7 Å². The Morgan fingerprint density at radius 3 is 2.41 bits per heavy atom. The fraction of sp³-hybridized carbons (Fsp3) is 0.182. The first-order valence-corrected chi connectivity index (χ1v) is 8.88. The topological polar surface area (TPSA) is 58.6 Å². The summed E-state index contributed by atoms with van der Waals surface area (Å²) in [6.45, 7) is 5.14. The van der Waals surface area contributed by atoms with E-state index in [1.807, 2.05) is 49.4 Å². The van der Waals surface area contributed by atoms with Crippen molar-refractivity contribution in [2.24, 2.45) is 0 Å². The van der Waals surface area contributed by atoms with Crippen LogP contribution in [0.2, 0.25) is 0 Å². The SMILES string of the molecule is CCOc1cc([N+]#N)c(Oc2ccccc2)cc1NCc1ccccc1C. The molecule has 0 amide bonds. The summed E-state index contributed by atoms with van der Waals surface area (Å²) in [5.41, 5.74) is 3.49. The van der Waals surface area contributed by atoms with Crippen molar-refractivity contribution < 1.29 is 9.47 Å². The second kappa shape index (κ2) is 8.72. The minimum absolute atomic E-state index is 0.309. The molecule has 0 aliphatic rings. The third kappa shape index (κ3) is 4.56. The van der Waals surface area contributed by atoms with Gasteiger partial charge in [-0.15, -0.1) is 0 Å². The number of ether oxygens (including phenoxy) is 2. The molecule has 0 fully saturated rings. The maximum absolute atomic E-state index is 9.39. The van der Waals surface area contributed by atoms with E-state index >= 15 is 0 Å². The van der Waals surface area contributed by atoms with Crippen LogP contribution in [0.1, 0.15) is 18.1 Å². The number of hydrogen-bond donors (Lipinski definition) is 1. The van der Waals surface area contributed by atoms with Crippen LogP contribution < -0.4 is 14.8 Å². The van der Waals surface area contributed by atoms with Crippen LogP contribution in [-0.2, 0) is 6.54 Å². The van der Waals surface area contributed by atoms with Crippen molar-refractivity contribution in [3.8, 4) is 17.2 Å². The summed E-state index contributed by atoms with van der Waals surface area (Å²) in [6.07, 6.45) is 0. The molecule has 0 aliphatic carbocycles. The summed E-state index contributed by atoms with van der Waals surface area (Å²) in [7, 11) is 0. The lowest BCUT2D eigenvalue weighted by Gasteiger charge is -2.14. The first kappa shape index (κ1) is 18.3. The molecule has 0 spiro atoms. The van der Waals surface area contributed by atoms with Gasteiger partial charge in [0.1, 0.15) is 5.75 Å². The molecule has 0 saturated heterocycles. The van der Waals surface area contributed by atoms with Crippen LogP contribution in [0.15, 0.2) is 66.7 Å². The highest BCUT2D eigenvalue weighted by atomic mass is 16.5. The number of aryl methyl sites for hydroxylation is 1. The number of benzene rings is 3. The molecule has 0 bridgehead atoms. The molecular formula is C22H22N3O2+. The molecule has 0 aliphatic heterocycles. The maximum atomic E-state index is 9.39. The number of nitrogens with one attached hydrogen (secondary N) is 1. The number of nitrogens with zero attached hydrogens (tertiary/aromatic N) is 2. The van der Waals surface area contributed by atoms with E-state index in [1.54, 1.807) is 12.1 Å². The fourth-order valence-corrected chi connectivity index (χ4v) is 2.74. The first-order chi connectivity index (χ1) is 13.2. The molecule has 5 nitrogen and oxygen atoms in total. The minimum Gasteiger partial charge on any atom is -0.491 e. The Balaban J connectivity index is 1.91. The zero-order chi connectivity index (χ0) is 19.1. The van der Waals surface area contributed by atoms with Crippen molar-refractivity contribution in [3.63, 3.8) is 0 Å². The Bertz CT molecular complexity index is 950. The molecule has 5 heteroatoms. The zero-order valence-corrected chi connectivity index (χ0v) is 15.5. The molecular weight excluding hydrogens is 338 g/mol. The van der Waals surface area contributed by atoms with Gasteiger partial charge in [-0.3, -0.25) is 0 Å². The van der Waals surface area contributed by atoms with E-state index in [2.05, 4.69) is 29.3 Å². The van der Waals surface area contributed by atoms with Gasteiger partial charge < -0.3 is 14.8 Å². The molecule has 27 heavy (non-hydrogen) atoms. The van der Waals surface area contributed by atoms with Crippen LogP contribution in [0.3, 0.4) is 0 Å². The average molecular weight is 360 g/mol. The van der Waals surface area contributed by atoms with E-state index in [0.717, 1.165) is 5.69 Å². The van der Waals surface area contributed by atoms with Crippen molar-refractivity contribution in [2.45, 2.75) is 20.4 Å². The summed E-state index contributed by atoms with van der Waals surface area (Å²) in [6, 6.07) is 21.0. The third-order valence-electron chi connectivity index (χ3n) is 4.17. The van der Waals surface area contributed by atoms with Crippen molar-refractivity contribution >= 4 is 11.4 Å². The quantitative estimate of drug-likeness (QED) is 0.504. The molecule has 3 aromatic carbocycles. The first-order valence-electron chi connectivity index (χ1n) is 8.88. The number of diazo groups is 1. The van der Waals surface area contributed by atoms with Gasteiger partial charge in [-0.2, -0.15) is 0 Å². The van der Waals surface area contributed by atoms with Crippen molar-refractivity contribution in [3.05, 3.63) is 82.8 Å². The highest BCUT2D eigenvalue weighted by Gasteiger charge is 2.21. The minimum atomic E-state index is 0.309. The van der Waals surface area contributed by atoms with E-state index < -0.39 is 0 Å². The predicted molar refractivity (Wildman–Crippen MR) is 107 cm³/mol. The van der Waals surface area contributed by atoms with Gasteiger partial charge in [-0.1, -0.05) is 42.5 Å². The molecule has 0 atom stereocenters. The monoisotopic (exact) mass is 360 g/mol. The van der Waals surface area contributed by atoms with Crippen molar-refractivity contribution in [1.29, 1.82) is 5.39 Å². The van der Waals surface area contributed by atoms with Crippen LogP contribution in [0.4, 0.5) is 11.4 Å². The van der Waals surface area contributed by atoms with Crippen molar-refractivity contribution in [2.75, 3.05) is 11.9 Å². The molecule has 136 valence electrons. The Morgan fingerprint density at radius 1 is 0.963 bits per heavy atom. The summed E-state index contributed by atoms with van der Waals surface area (Å²) < 4.78 is 11.6. The van der Waals surface area contributed by atoms with E-state index in [1.165, 1.54) is 11.1 Å². The fourth-order valence-electron chi connectivity index (χ4n) is 2.74. The summed E-state index contributed by atoms with van der Waals surface area (Å²) in [5, 5.41) is 12.8. The Labute approximate surface area is 159 Å². The van der Waals surface area contributed by atoms with Gasteiger partial charge in [0.05, 0.1) is 18.4 Å². The second-order valence-electron chi connectivity index (χ2n) is 6.04. The lowest BCUT2D eigenvalue weighted by atomic mass is 10.1. The number of hydrogen-bond acceptors (Lipinski definition) is 4. The Hall–Kier alpha value is -3.52. The zero-order valence-electron chi connectivity index (χ0n) is 15.5. The van der Waals surface area contributed by atoms with E-state index in [0.29, 0.717) is 36.1 Å². The van der Waals surface area contributed by atoms with Gasteiger partial charge in [0.25, 0.3) is 0 Å². The lowest BCUT2D eigenvalue weighted by molar-refractivity contribution is 0.341. The van der Waals surface area contributed by atoms with Gasteiger partial charge in [0, 0.05) is 12.6 Å². The normalized spacial score (nSPS) is 10.1. The molecule has 0 unspecified atom stereocenters. The molecule has 0 saturated carbocycles. The average Bonchev–Trinajstić information content (AvgIpc) is 2.69. The smallest absolute Gasteiger partial charge is 0.430 e. The molecule has 0 radical (unpaired) electrons. The number of anilines is 1. The van der Waals surface area contributed by atoms with Crippen LogP contribution >= 0.6 is 0 Å². The summed E-state index contributed by atoms with van der Waals surface area (Å²) in [5.74, 6) is 1.72. The summed E-state index contributed by atoms with van der Waals surface area (Å²) in [4.78, 5) is 3.35. The van der Waals surface area contributed by atoms with Crippen molar-refractivity contribution in [1.82, 2.24) is 0 Å². The third-order valence-corrected chi connectivity index (χ3v) is 4.17. The second-order valence-corrected chi connectivity index (χ2v) is 6.04. The molecule has 3 rings (SSSR count). The van der Waals surface area contributed by atoms with Crippen LogP contribution in [0.25, 0.3) is 4.98 Å².